The summed E-state index contributed by atoms with van der Waals surface area (Å²) in [4.78, 5) is 22.6. The highest BCUT2D eigenvalue weighted by Gasteiger charge is 2.18. The molecule has 2 heterocycles. The first-order valence-corrected chi connectivity index (χ1v) is 7.00. The highest BCUT2D eigenvalue weighted by atomic mass is 16.2. The Bertz CT molecular complexity index is 730. The first kappa shape index (κ1) is 13.9. The molecule has 0 aliphatic rings. The van der Waals surface area contributed by atoms with Gasteiger partial charge in [-0.3, -0.25) is 14.8 Å². The summed E-state index contributed by atoms with van der Waals surface area (Å²) in [5.74, 6) is -0.0804. The highest BCUT2D eigenvalue weighted by molar-refractivity contribution is 6.05. The molecule has 0 radical (unpaired) electrons. The summed E-state index contributed by atoms with van der Waals surface area (Å²) in [7, 11) is 0. The van der Waals surface area contributed by atoms with Crippen molar-refractivity contribution >= 4 is 11.6 Å². The van der Waals surface area contributed by atoms with E-state index in [1.54, 1.807) is 41.8 Å². The second kappa shape index (κ2) is 6.63. The largest absolute Gasteiger partial charge is 0.304 e. The lowest BCUT2D eigenvalue weighted by atomic mass is 10.1. The van der Waals surface area contributed by atoms with Gasteiger partial charge in [-0.1, -0.05) is 30.3 Å². The van der Waals surface area contributed by atoms with E-state index in [4.69, 9.17) is 0 Å². The average molecular weight is 289 g/mol. The number of nitrogens with zero attached hydrogens (tertiary/aromatic N) is 3. The van der Waals surface area contributed by atoms with Crippen molar-refractivity contribution in [2.24, 2.45) is 0 Å². The van der Waals surface area contributed by atoms with E-state index in [2.05, 4.69) is 9.97 Å². The monoisotopic (exact) mass is 289 g/mol. The van der Waals surface area contributed by atoms with Crippen LogP contribution >= 0.6 is 0 Å². The van der Waals surface area contributed by atoms with E-state index in [0.717, 1.165) is 11.3 Å². The predicted octanol–water partition coefficient (Wildman–Crippen LogP) is 3.32. The summed E-state index contributed by atoms with van der Waals surface area (Å²) >= 11 is 0. The molecule has 0 aliphatic heterocycles. The van der Waals surface area contributed by atoms with Crippen LogP contribution in [0, 0.1) is 0 Å². The molecule has 0 saturated heterocycles. The Labute approximate surface area is 129 Å². The lowest BCUT2D eigenvalue weighted by molar-refractivity contribution is 0.0985. The molecule has 0 fully saturated rings. The van der Waals surface area contributed by atoms with E-state index in [9.17, 15) is 4.79 Å². The van der Waals surface area contributed by atoms with Crippen molar-refractivity contribution in [1.82, 2.24) is 9.97 Å². The van der Waals surface area contributed by atoms with Crippen LogP contribution in [0.25, 0.3) is 0 Å². The predicted molar refractivity (Wildman–Crippen MR) is 85.4 cm³/mol. The lowest BCUT2D eigenvalue weighted by Crippen LogP contribution is -2.30. The molecule has 0 saturated carbocycles. The van der Waals surface area contributed by atoms with E-state index >= 15 is 0 Å². The van der Waals surface area contributed by atoms with Crippen LogP contribution in [0.15, 0.2) is 79.4 Å². The van der Waals surface area contributed by atoms with Crippen molar-refractivity contribution in [3.05, 3.63) is 90.5 Å². The molecule has 108 valence electrons. The third-order valence-electron chi connectivity index (χ3n) is 3.31. The van der Waals surface area contributed by atoms with Gasteiger partial charge in [0.15, 0.2) is 0 Å². The summed E-state index contributed by atoms with van der Waals surface area (Å²) in [6, 6.07) is 17.1. The van der Waals surface area contributed by atoms with Gasteiger partial charge in [-0.15, -0.1) is 0 Å². The molecule has 1 amide bonds. The summed E-state index contributed by atoms with van der Waals surface area (Å²) in [6.07, 6.45) is 6.61. The van der Waals surface area contributed by atoms with Gasteiger partial charge < -0.3 is 4.90 Å². The second-order valence-corrected chi connectivity index (χ2v) is 4.82. The van der Waals surface area contributed by atoms with Gasteiger partial charge in [0.05, 0.1) is 12.1 Å². The Morgan fingerprint density at radius 1 is 0.864 bits per heavy atom. The van der Waals surface area contributed by atoms with Crippen molar-refractivity contribution in [2.45, 2.75) is 6.54 Å². The molecule has 4 nitrogen and oxygen atoms in total. The molecule has 2 aromatic heterocycles. The minimum absolute atomic E-state index is 0.0804. The smallest absolute Gasteiger partial charge is 0.260 e. The van der Waals surface area contributed by atoms with Crippen molar-refractivity contribution < 1.29 is 4.79 Å². The summed E-state index contributed by atoms with van der Waals surface area (Å²) in [6.45, 7) is 0.499. The molecule has 1 aromatic carbocycles. The number of hydrogen-bond acceptors (Lipinski definition) is 3. The van der Waals surface area contributed by atoms with Gasteiger partial charge in [0.2, 0.25) is 0 Å². The van der Waals surface area contributed by atoms with Crippen LogP contribution in [0.2, 0.25) is 0 Å². The minimum Gasteiger partial charge on any atom is -0.304 e. The van der Waals surface area contributed by atoms with Crippen molar-refractivity contribution in [1.29, 1.82) is 0 Å². The van der Waals surface area contributed by atoms with E-state index in [1.807, 2.05) is 42.5 Å². The maximum Gasteiger partial charge on any atom is 0.260 e. The first-order valence-electron chi connectivity index (χ1n) is 7.00. The molecule has 22 heavy (non-hydrogen) atoms. The molecular formula is C18H15N3O. The standard InChI is InChI=1S/C18H15N3O/c22-18(16-7-4-10-20-13-16)21(17-8-11-19-12-9-17)14-15-5-2-1-3-6-15/h1-13H,14H2. The van der Waals surface area contributed by atoms with Crippen molar-refractivity contribution in [3.8, 4) is 0 Å². The van der Waals surface area contributed by atoms with Crippen LogP contribution < -0.4 is 4.90 Å². The SMILES string of the molecule is O=C(c1cccnc1)N(Cc1ccccc1)c1ccncc1. The molecule has 0 spiro atoms. The van der Waals surface area contributed by atoms with Crippen LogP contribution in [0.4, 0.5) is 5.69 Å². The number of anilines is 1. The topological polar surface area (TPSA) is 46.1 Å². The molecule has 4 heteroatoms. The molecule has 3 rings (SSSR count). The maximum absolute atomic E-state index is 12.8. The lowest BCUT2D eigenvalue weighted by Gasteiger charge is -2.23. The average Bonchev–Trinajstić information content (AvgIpc) is 2.61. The molecule has 0 unspecified atom stereocenters. The number of carbonyl (C=O) groups excluding carboxylic acids is 1. The fraction of sp³-hybridized carbons (Fsp3) is 0.0556. The third-order valence-corrected chi connectivity index (χ3v) is 3.31. The summed E-state index contributed by atoms with van der Waals surface area (Å²) in [5, 5.41) is 0. The van der Waals surface area contributed by atoms with Crippen molar-refractivity contribution in [3.63, 3.8) is 0 Å². The van der Waals surface area contributed by atoms with Gasteiger partial charge in [0.25, 0.3) is 5.91 Å². The van der Waals surface area contributed by atoms with Gasteiger partial charge >= 0.3 is 0 Å². The van der Waals surface area contributed by atoms with E-state index in [0.29, 0.717) is 12.1 Å². The van der Waals surface area contributed by atoms with Gasteiger partial charge in [0.1, 0.15) is 0 Å². The van der Waals surface area contributed by atoms with Gasteiger partial charge in [0, 0.05) is 30.5 Å². The Morgan fingerprint density at radius 2 is 1.64 bits per heavy atom. The molecular weight excluding hydrogens is 274 g/mol. The number of carbonyl (C=O) groups is 1. The quantitative estimate of drug-likeness (QED) is 0.740. The van der Waals surface area contributed by atoms with Gasteiger partial charge in [-0.2, -0.15) is 0 Å². The third kappa shape index (κ3) is 3.17. The summed E-state index contributed by atoms with van der Waals surface area (Å²) < 4.78 is 0. The Morgan fingerprint density at radius 3 is 2.32 bits per heavy atom. The molecule has 0 N–H and O–H groups in total. The van der Waals surface area contributed by atoms with Gasteiger partial charge in [-0.25, -0.2) is 0 Å². The normalized spacial score (nSPS) is 10.2. The number of pyridine rings is 2. The molecule has 3 aromatic rings. The number of benzene rings is 1. The van der Waals surface area contributed by atoms with Crippen LogP contribution in [-0.4, -0.2) is 15.9 Å². The fourth-order valence-electron chi connectivity index (χ4n) is 2.22. The van der Waals surface area contributed by atoms with E-state index in [1.165, 1.54) is 0 Å². The zero-order valence-corrected chi connectivity index (χ0v) is 12.0. The maximum atomic E-state index is 12.8. The second-order valence-electron chi connectivity index (χ2n) is 4.82. The number of rotatable bonds is 4. The number of aromatic nitrogens is 2. The van der Waals surface area contributed by atoms with Crippen LogP contribution in [-0.2, 0) is 6.54 Å². The van der Waals surface area contributed by atoms with Crippen molar-refractivity contribution in [2.75, 3.05) is 4.90 Å². The van der Waals surface area contributed by atoms with E-state index < -0.39 is 0 Å². The Kier molecular flexibility index (Phi) is 4.20. The summed E-state index contributed by atoms with van der Waals surface area (Å²) in [5.41, 5.74) is 2.44. The fourth-order valence-corrected chi connectivity index (χ4v) is 2.22. The molecule has 0 bridgehead atoms. The Balaban J connectivity index is 1.95. The van der Waals surface area contributed by atoms with Crippen LogP contribution in [0.1, 0.15) is 15.9 Å². The van der Waals surface area contributed by atoms with Crippen LogP contribution in [0.3, 0.4) is 0 Å². The van der Waals surface area contributed by atoms with Crippen LogP contribution in [0.5, 0.6) is 0 Å². The van der Waals surface area contributed by atoms with Gasteiger partial charge in [-0.05, 0) is 29.8 Å². The Hall–Kier alpha value is -3.01. The minimum atomic E-state index is -0.0804. The molecule has 0 aliphatic carbocycles. The first-order chi connectivity index (χ1) is 10.8. The number of amides is 1. The number of hydrogen-bond donors (Lipinski definition) is 0. The zero-order chi connectivity index (χ0) is 15.2. The highest BCUT2D eigenvalue weighted by Crippen LogP contribution is 2.19. The molecule has 0 atom stereocenters. The van der Waals surface area contributed by atoms with E-state index in [-0.39, 0.29) is 5.91 Å². The zero-order valence-electron chi connectivity index (χ0n) is 12.0.